The third-order valence-electron chi connectivity index (χ3n) is 4.92. The van der Waals surface area contributed by atoms with Gasteiger partial charge in [0.15, 0.2) is 5.76 Å². The number of benzene rings is 2. The number of rotatable bonds is 4. The van der Waals surface area contributed by atoms with Gasteiger partial charge in [-0.1, -0.05) is 0 Å². The van der Waals surface area contributed by atoms with Crippen molar-refractivity contribution in [1.29, 1.82) is 0 Å². The maximum absolute atomic E-state index is 12.7. The van der Waals surface area contributed by atoms with Crippen molar-refractivity contribution in [3.8, 4) is 0 Å². The van der Waals surface area contributed by atoms with E-state index >= 15 is 0 Å². The van der Waals surface area contributed by atoms with Gasteiger partial charge in [-0.25, -0.2) is 8.42 Å². The highest BCUT2D eigenvalue weighted by Gasteiger charge is 2.31. The topological polar surface area (TPSA) is 79.6 Å². The molecule has 4 rings (SSSR count). The van der Waals surface area contributed by atoms with E-state index in [9.17, 15) is 26.4 Å². The maximum Gasteiger partial charge on any atom is 0.416 e. The zero-order valence-electron chi connectivity index (χ0n) is 16.0. The first-order valence-electron chi connectivity index (χ1n) is 9.33. The minimum atomic E-state index is -4.55. The molecule has 0 spiro atoms. The largest absolute Gasteiger partial charge is 0.459 e. The lowest BCUT2D eigenvalue weighted by Crippen LogP contribution is -2.35. The van der Waals surface area contributed by atoms with E-state index in [1.807, 2.05) is 0 Å². The molecule has 1 N–H and O–H groups in total. The summed E-state index contributed by atoms with van der Waals surface area (Å²) < 4.78 is 70.8. The van der Waals surface area contributed by atoms with Crippen molar-refractivity contribution in [2.45, 2.75) is 23.9 Å². The lowest BCUT2D eigenvalue weighted by atomic mass is 10.0. The fourth-order valence-corrected chi connectivity index (χ4v) is 4.49. The lowest BCUT2D eigenvalue weighted by Gasteiger charge is -2.29. The quantitative estimate of drug-likeness (QED) is 0.625. The van der Waals surface area contributed by atoms with E-state index in [1.54, 1.807) is 29.2 Å². The minimum absolute atomic E-state index is 0.208. The first-order valence-corrected chi connectivity index (χ1v) is 10.8. The van der Waals surface area contributed by atoms with Crippen LogP contribution in [0.3, 0.4) is 0 Å². The fourth-order valence-electron chi connectivity index (χ4n) is 3.44. The number of hydrogen-bond acceptors (Lipinski definition) is 4. The molecule has 31 heavy (non-hydrogen) atoms. The van der Waals surface area contributed by atoms with E-state index in [4.69, 9.17) is 4.42 Å². The molecule has 0 aliphatic carbocycles. The van der Waals surface area contributed by atoms with Crippen LogP contribution >= 0.6 is 0 Å². The van der Waals surface area contributed by atoms with Crippen molar-refractivity contribution < 1.29 is 30.8 Å². The van der Waals surface area contributed by atoms with E-state index in [-0.39, 0.29) is 22.3 Å². The molecule has 2 heterocycles. The van der Waals surface area contributed by atoms with Crippen molar-refractivity contribution >= 4 is 27.3 Å². The third-order valence-corrected chi connectivity index (χ3v) is 6.32. The molecule has 0 atom stereocenters. The Kier molecular flexibility index (Phi) is 5.26. The Morgan fingerprint density at radius 3 is 2.45 bits per heavy atom. The number of carbonyl (C=O) groups is 1. The molecule has 1 aliphatic heterocycles. The molecular formula is C21H17F3N2O4S. The standard InChI is InChI=1S/C21H17F3N2O4S/c22-21(23,24)15-5-8-17(9-6-15)31(28,29)25-16-7-10-18-14(13-16)3-1-11-26(18)20(27)19-4-2-12-30-19/h2,4-10,12-13,25H,1,3,11H2. The summed E-state index contributed by atoms with van der Waals surface area (Å²) in [6, 6.07) is 11.2. The summed E-state index contributed by atoms with van der Waals surface area (Å²) in [5.74, 6) is -0.0797. The summed E-state index contributed by atoms with van der Waals surface area (Å²) in [7, 11) is -4.08. The second-order valence-corrected chi connectivity index (χ2v) is 8.69. The molecule has 0 bridgehead atoms. The van der Waals surface area contributed by atoms with Gasteiger partial charge in [0.2, 0.25) is 0 Å². The van der Waals surface area contributed by atoms with Crippen LogP contribution in [0.4, 0.5) is 24.5 Å². The second kappa shape index (κ2) is 7.77. The summed E-state index contributed by atoms with van der Waals surface area (Å²) in [6.45, 7) is 0.503. The summed E-state index contributed by atoms with van der Waals surface area (Å²) in [4.78, 5) is 14.0. The number of aryl methyl sites for hydroxylation is 1. The Labute approximate surface area is 176 Å². The average Bonchev–Trinajstić information content (AvgIpc) is 3.27. The van der Waals surface area contributed by atoms with Crippen molar-refractivity contribution in [2.24, 2.45) is 0 Å². The summed E-state index contributed by atoms with van der Waals surface area (Å²) >= 11 is 0. The van der Waals surface area contributed by atoms with Gasteiger partial charge in [-0.05, 0) is 73.0 Å². The number of hydrogen-bond donors (Lipinski definition) is 1. The Hall–Kier alpha value is -3.27. The van der Waals surface area contributed by atoms with E-state index in [0.29, 0.717) is 25.1 Å². The van der Waals surface area contributed by atoms with Gasteiger partial charge in [-0.3, -0.25) is 9.52 Å². The molecule has 0 saturated carbocycles. The number of amides is 1. The first-order chi connectivity index (χ1) is 14.6. The van der Waals surface area contributed by atoms with Gasteiger partial charge in [0.1, 0.15) is 0 Å². The highest BCUT2D eigenvalue weighted by Crippen LogP contribution is 2.33. The molecular weight excluding hydrogens is 433 g/mol. The van der Waals surface area contributed by atoms with E-state index in [0.717, 1.165) is 29.8 Å². The van der Waals surface area contributed by atoms with Gasteiger partial charge in [-0.2, -0.15) is 13.2 Å². The number of nitrogens with one attached hydrogen (secondary N) is 1. The van der Waals surface area contributed by atoms with Crippen molar-refractivity contribution in [1.82, 2.24) is 0 Å². The van der Waals surface area contributed by atoms with Gasteiger partial charge in [-0.15, -0.1) is 0 Å². The highest BCUT2D eigenvalue weighted by molar-refractivity contribution is 7.92. The van der Waals surface area contributed by atoms with Gasteiger partial charge in [0, 0.05) is 17.9 Å². The second-order valence-electron chi connectivity index (χ2n) is 7.01. The number of halogens is 3. The molecule has 2 aromatic carbocycles. The number of anilines is 2. The van der Waals surface area contributed by atoms with Gasteiger partial charge >= 0.3 is 6.18 Å². The molecule has 6 nitrogen and oxygen atoms in total. The van der Waals surface area contributed by atoms with E-state index < -0.39 is 21.8 Å². The summed E-state index contributed by atoms with van der Waals surface area (Å²) in [6.07, 6.45) is -1.80. The Morgan fingerprint density at radius 2 is 1.81 bits per heavy atom. The lowest BCUT2D eigenvalue weighted by molar-refractivity contribution is -0.137. The van der Waals surface area contributed by atoms with Crippen LogP contribution in [0.5, 0.6) is 0 Å². The van der Waals surface area contributed by atoms with Gasteiger partial charge in [0.05, 0.1) is 16.7 Å². The number of alkyl halides is 3. The average molecular weight is 450 g/mol. The number of nitrogens with zero attached hydrogens (tertiary/aromatic N) is 1. The van der Waals surface area contributed by atoms with Crippen LogP contribution in [-0.4, -0.2) is 20.9 Å². The zero-order chi connectivity index (χ0) is 22.2. The zero-order valence-corrected chi connectivity index (χ0v) is 16.8. The molecule has 0 saturated heterocycles. The monoisotopic (exact) mass is 450 g/mol. The molecule has 3 aromatic rings. The number of fused-ring (bicyclic) bond motifs is 1. The Morgan fingerprint density at radius 1 is 1.06 bits per heavy atom. The molecule has 1 amide bonds. The predicted octanol–water partition coefficient (Wildman–Crippen LogP) is 4.69. The maximum atomic E-state index is 12.7. The molecule has 162 valence electrons. The van der Waals surface area contributed by atoms with Crippen molar-refractivity contribution in [3.63, 3.8) is 0 Å². The summed E-state index contributed by atoms with van der Waals surface area (Å²) in [5, 5.41) is 0. The van der Waals surface area contributed by atoms with Crippen LogP contribution in [0.1, 0.15) is 28.1 Å². The molecule has 0 unspecified atom stereocenters. The van der Waals surface area contributed by atoms with Crippen LogP contribution < -0.4 is 9.62 Å². The number of sulfonamides is 1. The SMILES string of the molecule is O=C(c1ccco1)N1CCCc2cc(NS(=O)(=O)c3ccc(C(F)(F)F)cc3)ccc21. The Bertz CT molecular complexity index is 1200. The van der Waals surface area contributed by atoms with E-state index in [1.165, 1.54) is 12.3 Å². The molecule has 1 aliphatic rings. The van der Waals surface area contributed by atoms with Crippen molar-refractivity contribution in [2.75, 3.05) is 16.2 Å². The molecule has 0 fully saturated rings. The number of furan rings is 1. The van der Waals surface area contributed by atoms with Gasteiger partial charge < -0.3 is 9.32 Å². The van der Waals surface area contributed by atoms with Crippen molar-refractivity contribution in [3.05, 3.63) is 77.7 Å². The predicted molar refractivity (Wildman–Crippen MR) is 107 cm³/mol. The fraction of sp³-hybridized carbons (Fsp3) is 0.190. The smallest absolute Gasteiger partial charge is 0.416 e. The van der Waals surface area contributed by atoms with Crippen LogP contribution in [-0.2, 0) is 22.6 Å². The van der Waals surface area contributed by atoms with Crippen LogP contribution in [0.15, 0.2) is 70.2 Å². The van der Waals surface area contributed by atoms with Crippen LogP contribution in [0.25, 0.3) is 0 Å². The normalized spacial score (nSPS) is 14.2. The molecule has 1 aromatic heterocycles. The third kappa shape index (κ3) is 4.29. The highest BCUT2D eigenvalue weighted by atomic mass is 32.2. The summed E-state index contributed by atoms with van der Waals surface area (Å²) in [5.41, 5.74) is 0.761. The van der Waals surface area contributed by atoms with Crippen LogP contribution in [0, 0.1) is 0 Å². The molecule has 10 heteroatoms. The first kappa shape index (κ1) is 21.0. The van der Waals surface area contributed by atoms with Gasteiger partial charge in [0.25, 0.3) is 15.9 Å². The van der Waals surface area contributed by atoms with E-state index in [2.05, 4.69) is 4.72 Å². The Balaban J connectivity index is 1.57. The van der Waals surface area contributed by atoms with Crippen LogP contribution in [0.2, 0.25) is 0 Å². The molecule has 0 radical (unpaired) electrons. The number of carbonyl (C=O) groups excluding carboxylic acids is 1. The minimum Gasteiger partial charge on any atom is -0.459 e.